The van der Waals surface area contributed by atoms with Crippen molar-refractivity contribution in [2.24, 2.45) is 23.2 Å². The fraction of sp³-hybridized carbons (Fsp3) is 0.619. The summed E-state index contributed by atoms with van der Waals surface area (Å²) in [6.45, 7) is 1.87. The first-order valence-corrected chi connectivity index (χ1v) is 9.63. The van der Waals surface area contributed by atoms with Crippen molar-refractivity contribution < 1.29 is 14.3 Å². The van der Waals surface area contributed by atoms with Crippen molar-refractivity contribution in [1.29, 1.82) is 0 Å². The standard InChI is InChI=1S/C21H27NO3/c1-2-17-5-3-4-6-18(17)22-19(23)13-25-20(24)21-10-14-7-15(11-21)9-16(8-14)12-21/h3-6,14-16H,2,7-13H2,1H3,(H,22,23). The van der Waals surface area contributed by atoms with Crippen molar-refractivity contribution in [3.63, 3.8) is 0 Å². The number of carbonyl (C=O) groups is 2. The molecule has 0 unspecified atom stereocenters. The van der Waals surface area contributed by atoms with E-state index in [1.54, 1.807) is 0 Å². The Morgan fingerprint density at radius 2 is 1.68 bits per heavy atom. The highest BCUT2D eigenvalue weighted by Crippen LogP contribution is 2.60. The second-order valence-electron chi connectivity index (χ2n) is 8.33. The SMILES string of the molecule is CCc1ccccc1NC(=O)COC(=O)C12CC3CC(CC(C3)C1)C2. The normalized spacial score (nSPS) is 32.4. The zero-order valence-corrected chi connectivity index (χ0v) is 14.9. The Hall–Kier alpha value is -1.84. The number of rotatable bonds is 5. The first-order chi connectivity index (χ1) is 12.1. The molecule has 4 fully saturated rings. The van der Waals surface area contributed by atoms with Crippen LogP contribution in [0.4, 0.5) is 5.69 Å². The van der Waals surface area contributed by atoms with Gasteiger partial charge in [0.25, 0.3) is 5.91 Å². The summed E-state index contributed by atoms with van der Waals surface area (Å²) in [5, 5.41) is 2.87. The summed E-state index contributed by atoms with van der Waals surface area (Å²) < 4.78 is 5.48. The van der Waals surface area contributed by atoms with Gasteiger partial charge in [0.2, 0.25) is 0 Å². The Bertz CT molecular complexity index is 646. The molecule has 0 heterocycles. The number of amides is 1. The molecule has 0 saturated heterocycles. The third-order valence-electron chi connectivity index (χ3n) is 6.48. The lowest BCUT2D eigenvalue weighted by atomic mass is 9.49. The molecule has 4 aliphatic carbocycles. The molecule has 0 aliphatic heterocycles. The number of ether oxygens (including phenoxy) is 1. The number of nitrogens with one attached hydrogen (secondary N) is 1. The van der Waals surface area contributed by atoms with Crippen molar-refractivity contribution in [2.45, 2.75) is 51.9 Å². The van der Waals surface area contributed by atoms with Gasteiger partial charge in [-0.3, -0.25) is 9.59 Å². The van der Waals surface area contributed by atoms with E-state index >= 15 is 0 Å². The number of esters is 1. The molecule has 1 aromatic rings. The monoisotopic (exact) mass is 341 g/mol. The van der Waals surface area contributed by atoms with E-state index in [-0.39, 0.29) is 23.9 Å². The first kappa shape index (κ1) is 16.6. The molecule has 0 atom stereocenters. The summed E-state index contributed by atoms with van der Waals surface area (Å²) in [6.07, 6.45) is 7.64. The van der Waals surface area contributed by atoms with Gasteiger partial charge < -0.3 is 10.1 Å². The minimum absolute atomic E-state index is 0.134. The minimum Gasteiger partial charge on any atom is -0.455 e. The third kappa shape index (κ3) is 3.19. The van der Waals surface area contributed by atoms with E-state index in [4.69, 9.17) is 4.74 Å². The van der Waals surface area contributed by atoms with Gasteiger partial charge >= 0.3 is 5.97 Å². The molecular weight excluding hydrogens is 314 g/mol. The van der Waals surface area contributed by atoms with Crippen LogP contribution in [-0.4, -0.2) is 18.5 Å². The fourth-order valence-corrected chi connectivity index (χ4v) is 5.78. The maximum absolute atomic E-state index is 12.8. The minimum atomic E-state index is -0.295. The predicted octanol–water partition coefficient (Wildman–Crippen LogP) is 3.95. The Kier molecular flexibility index (Phi) is 4.30. The van der Waals surface area contributed by atoms with Crippen LogP contribution in [0.3, 0.4) is 0 Å². The number of para-hydroxylation sites is 1. The van der Waals surface area contributed by atoms with Crippen LogP contribution in [-0.2, 0) is 20.7 Å². The highest BCUT2D eigenvalue weighted by atomic mass is 16.5. The molecule has 4 aliphatic rings. The molecule has 25 heavy (non-hydrogen) atoms. The molecular formula is C21H27NO3. The van der Waals surface area contributed by atoms with Gasteiger partial charge in [0, 0.05) is 5.69 Å². The zero-order chi connectivity index (χ0) is 17.4. The van der Waals surface area contributed by atoms with Crippen molar-refractivity contribution >= 4 is 17.6 Å². The van der Waals surface area contributed by atoms with Crippen LogP contribution in [0.2, 0.25) is 0 Å². The first-order valence-electron chi connectivity index (χ1n) is 9.63. The van der Waals surface area contributed by atoms with Crippen molar-refractivity contribution in [3.05, 3.63) is 29.8 Å². The molecule has 0 radical (unpaired) electrons. The topological polar surface area (TPSA) is 55.4 Å². The van der Waals surface area contributed by atoms with Gasteiger partial charge in [-0.15, -0.1) is 0 Å². The lowest BCUT2D eigenvalue weighted by Gasteiger charge is -2.55. The molecule has 1 amide bonds. The highest BCUT2D eigenvalue weighted by Gasteiger charge is 2.55. The van der Waals surface area contributed by atoms with Crippen molar-refractivity contribution in [1.82, 2.24) is 0 Å². The maximum atomic E-state index is 12.8. The number of hydrogen-bond acceptors (Lipinski definition) is 3. The predicted molar refractivity (Wildman–Crippen MR) is 96.0 cm³/mol. The molecule has 1 N–H and O–H groups in total. The Morgan fingerprint density at radius 3 is 2.28 bits per heavy atom. The summed E-state index contributed by atoms with van der Waals surface area (Å²) in [5.74, 6) is 1.71. The van der Waals surface area contributed by atoms with Gasteiger partial charge in [0.1, 0.15) is 0 Å². The summed E-state index contributed by atoms with van der Waals surface area (Å²) >= 11 is 0. The molecule has 134 valence electrons. The highest BCUT2D eigenvalue weighted by molar-refractivity contribution is 5.93. The Morgan fingerprint density at radius 1 is 1.08 bits per heavy atom. The third-order valence-corrected chi connectivity index (χ3v) is 6.48. The average molecular weight is 341 g/mol. The van der Waals surface area contributed by atoms with Crippen LogP contribution in [0.15, 0.2) is 24.3 Å². The van der Waals surface area contributed by atoms with Gasteiger partial charge in [0.15, 0.2) is 6.61 Å². The number of aryl methyl sites for hydroxylation is 1. The van der Waals surface area contributed by atoms with Crippen molar-refractivity contribution in [2.75, 3.05) is 11.9 Å². The lowest BCUT2D eigenvalue weighted by molar-refractivity contribution is -0.172. The summed E-state index contributed by atoms with van der Waals surface area (Å²) in [5.41, 5.74) is 1.60. The van der Waals surface area contributed by atoms with E-state index < -0.39 is 0 Å². The molecule has 4 saturated carbocycles. The molecule has 4 bridgehead atoms. The Balaban J connectivity index is 1.35. The van der Waals surface area contributed by atoms with E-state index in [0.29, 0.717) is 17.8 Å². The van der Waals surface area contributed by atoms with Gasteiger partial charge in [-0.05, 0) is 74.3 Å². The van der Waals surface area contributed by atoms with Gasteiger partial charge in [0.05, 0.1) is 5.41 Å². The van der Waals surface area contributed by atoms with Crippen LogP contribution in [0.25, 0.3) is 0 Å². The molecule has 4 heteroatoms. The Labute approximate surface area is 149 Å². The number of anilines is 1. The second kappa shape index (κ2) is 6.47. The van der Waals surface area contributed by atoms with Crippen LogP contribution < -0.4 is 5.32 Å². The zero-order valence-electron chi connectivity index (χ0n) is 14.9. The number of carbonyl (C=O) groups excluding carboxylic acids is 2. The van der Waals surface area contributed by atoms with E-state index in [0.717, 1.165) is 36.9 Å². The lowest BCUT2D eigenvalue weighted by Crippen LogP contribution is -2.50. The molecule has 0 aromatic heterocycles. The summed E-state index contributed by atoms with van der Waals surface area (Å²) in [7, 11) is 0. The maximum Gasteiger partial charge on any atom is 0.312 e. The number of benzene rings is 1. The molecule has 1 aromatic carbocycles. The average Bonchev–Trinajstić information content (AvgIpc) is 2.59. The van der Waals surface area contributed by atoms with E-state index in [2.05, 4.69) is 12.2 Å². The largest absolute Gasteiger partial charge is 0.455 e. The smallest absolute Gasteiger partial charge is 0.312 e. The van der Waals surface area contributed by atoms with Gasteiger partial charge in [-0.1, -0.05) is 25.1 Å². The van der Waals surface area contributed by atoms with E-state index in [1.165, 1.54) is 19.3 Å². The van der Waals surface area contributed by atoms with Gasteiger partial charge in [-0.25, -0.2) is 0 Å². The molecule has 4 nitrogen and oxygen atoms in total. The van der Waals surface area contributed by atoms with Crippen LogP contribution in [0, 0.1) is 23.2 Å². The summed E-state index contributed by atoms with van der Waals surface area (Å²) in [6, 6.07) is 7.74. The molecule has 5 rings (SSSR count). The quantitative estimate of drug-likeness (QED) is 0.825. The van der Waals surface area contributed by atoms with Gasteiger partial charge in [-0.2, -0.15) is 0 Å². The fourth-order valence-electron chi connectivity index (χ4n) is 5.78. The van der Waals surface area contributed by atoms with Crippen LogP contribution in [0.1, 0.15) is 51.0 Å². The van der Waals surface area contributed by atoms with E-state index in [1.807, 2.05) is 24.3 Å². The summed E-state index contributed by atoms with van der Waals surface area (Å²) in [4.78, 5) is 25.0. The van der Waals surface area contributed by atoms with Crippen LogP contribution >= 0.6 is 0 Å². The van der Waals surface area contributed by atoms with E-state index in [9.17, 15) is 9.59 Å². The second-order valence-corrected chi connectivity index (χ2v) is 8.33. The van der Waals surface area contributed by atoms with Crippen LogP contribution in [0.5, 0.6) is 0 Å². The molecule has 0 spiro atoms. The number of hydrogen-bond donors (Lipinski definition) is 1. The van der Waals surface area contributed by atoms with Crippen molar-refractivity contribution in [3.8, 4) is 0 Å².